The molecule has 1 unspecified atom stereocenters. The van der Waals surface area contributed by atoms with Gasteiger partial charge >= 0.3 is 0 Å². The summed E-state index contributed by atoms with van der Waals surface area (Å²) in [6.45, 7) is 3.92. The lowest BCUT2D eigenvalue weighted by Gasteiger charge is -2.40. The van der Waals surface area contributed by atoms with Crippen LogP contribution in [0.15, 0.2) is 24.3 Å². The topological polar surface area (TPSA) is 76.3 Å². The molecule has 112 valence electrons. The Bertz CT molecular complexity index is 647. The first kappa shape index (κ1) is 14.0. The van der Waals surface area contributed by atoms with Crippen LogP contribution in [0.2, 0.25) is 0 Å². The highest BCUT2D eigenvalue weighted by atomic mass is 16.5. The summed E-state index contributed by atoms with van der Waals surface area (Å²) in [5, 5.41) is 1.04. The van der Waals surface area contributed by atoms with Crippen LogP contribution in [0.4, 0.5) is 11.8 Å². The van der Waals surface area contributed by atoms with Crippen LogP contribution in [0, 0.1) is 0 Å². The third-order valence-corrected chi connectivity index (χ3v) is 4.16. The zero-order valence-corrected chi connectivity index (χ0v) is 12.5. The fourth-order valence-corrected chi connectivity index (χ4v) is 2.92. The Labute approximate surface area is 124 Å². The molecule has 1 saturated heterocycles. The minimum atomic E-state index is -0.138. The first-order valence-corrected chi connectivity index (χ1v) is 7.19. The molecule has 0 saturated carbocycles. The van der Waals surface area contributed by atoms with E-state index in [1.165, 1.54) is 0 Å². The van der Waals surface area contributed by atoms with Gasteiger partial charge in [-0.25, -0.2) is 10.8 Å². The number of rotatable bonds is 3. The maximum Gasteiger partial charge on any atom is 0.239 e. The van der Waals surface area contributed by atoms with Gasteiger partial charge in [0.1, 0.15) is 5.82 Å². The molecule has 6 heteroatoms. The predicted octanol–water partition coefficient (Wildman–Crippen LogP) is 1.92. The second-order valence-corrected chi connectivity index (χ2v) is 5.71. The summed E-state index contributed by atoms with van der Waals surface area (Å²) >= 11 is 0. The van der Waals surface area contributed by atoms with Crippen LogP contribution in [-0.2, 0) is 4.74 Å². The van der Waals surface area contributed by atoms with Crippen LogP contribution in [-0.4, -0.2) is 35.8 Å². The molecular weight excluding hydrogens is 266 g/mol. The number of ether oxygens (including phenoxy) is 1. The number of hydrogen-bond acceptors (Lipinski definition) is 6. The number of anilines is 2. The molecule has 0 amide bonds. The van der Waals surface area contributed by atoms with Crippen molar-refractivity contribution in [3.05, 3.63) is 24.3 Å². The predicted molar refractivity (Wildman–Crippen MR) is 84.2 cm³/mol. The van der Waals surface area contributed by atoms with E-state index in [0.29, 0.717) is 5.95 Å². The molecule has 0 aliphatic carbocycles. The molecule has 1 aromatic heterocycles. The summed E-state index contributed by atoms with van der Waals surface area (Å²) in [4.78, 5) is 11.2. The van der Waals surface area contributed by atoms with Crippen LogP contribution >= 0.6 is 0 Å². The number of hydrogen-bond donors (Lipinski definition) is 2. The van der Waals surface area contributed by atoms with Crippen molar-refractivity contribution < 1.29 is 4.74 Å². The third kappa shape index (κ3) is 2.64. The van der Waals surface area contributed by atoms with E-state index in [9.17, 15) is 0 Å². The second-order valence-electron chi connectivity index (χ2n) is 5.71. The van der Waals surface area contributed by atoms with Gasteiger partial charge < -0.3 is 9.64 Å². The van der Waals surface area contributed by atoms with Crippen molar-refractivity contribution >= 4 is 22.7 Å². The van der Waals surface area contributed by atoms with Crippen LogP contribution in [0.3, 0.4) is 0 Å². The minimum absolute atomic E-state index is 0.138. The Morgan fingerprint density at radius 1 is 1.33 bits per heavy atom. The first-order chi connectivity index (χ1) is 10.1. The molecule has 2 aromatic rings. The molecule has 0 bridgehead atoms. The van der Waals surface area contributed by atoms with Gasteiger partial charge in [-0.15, -0.1) is 0 Å². The molecule has 1 aliphatic rings. The average molecular weight is 287 g/mol. The molecule has 3 rings (SSSR count). The van der Waals surface area contributed by atoms with E-state index in [1.54, 1.807) is 7.11 Å². The Kier molecular flexibility index (Phi) is 3.65. The number of benzene rings is 1. The quantitative estimate of drug-likeness (QED) is 0.663. The fourth-order valence-electron chi connectivity index (χ4n) is 2.92. The number of para-hydroxylation sites is 1. The van der Waals surface area contributed by atoms with Crippen molar-refractivity contribution in [1.82, 2.24) is 9.97 Å². The molecule has 0 radical (unpaired) electrons. The zero-order valence-electron chi connectivity index (χ0n) is 12.5. The van der Waals surface area contributed by atoms with Crippen molar-refractivity contribution in [3.63, 3.8) is 0 Å². The highest BCUT2D eigenvalue weighted by Gasteiger charge is 2.32. The Hall–Kier alpha value is -1.92. The van der Waals surface area contributed by atoms with Gasteiger partial charge in [0.05, 0.1) is 11.1 Å². The number of nitrogens with one attached hydrogen (secondary N) is 1. The van der Waals surface area contributed by atoms with Crippen molar-refractivity contribution in [2.45, 2.75) is 25.4 Å². The van der Waals surface area contributed by atoms with Crippen LogP contribution in [0.5, 0.6) is 0 Å². The monoisotopic (exact) mass is 287 g/mol. The van der Waals surface area contributed by atoms with Crippen molar-refractivity contribution in [2.75, 3.05) is 30.5 Å². The number of nitrogens with two attached hydrogens (primary N) is 1. The number of hydrazine groups is 1. The maximum atomic E-state index is 5.67. The molecule has 2 heterocycles. The van der Waals surface area contributed by atoms with Crippen LogP contribution in [0.1, 0.15) is 19.8 Å². The van der Waals surface area contributed by atoms with Gasteiger partial charge in [-0.2, -0.15) is 4.98 Å². The Morgan fingerprint density at radius 3 is 2.90 bits per heavy atom. The summed E-state index contributed by atoms with van der Waals surface area (Å²) in [6.07, 6.45) is 2.14. The number of fused-ring (bicyclic) bond motifs is 1. The van der Waals surface area contributed by atoms with E-state index < -0.39 is 0 Å². The number of nitrogen functional groups attached to an aromatic ring is 1. The average Bonchev–Trinajstić information content (AvgIpc) is 2.53. The number of aromatic nitrogens is 2. The van der Waals surface area contributed by atoms with E-state index in [1.807, 2.05) is 24.3 Å². The van der Waals surface area contributed by atoms with E-state index in [-0.39, 0.29) is 5.60 Å². The van der Waals surface area contributed by atoms with Gasteiger partial charge in [0, 0.05) is 25.6 Å². The Balaban J connectivity index is 2.06. The molecule has 6 nitrogen and oxygen atoms in total. The second kappa shape index (κ2) is 5.46. The number of nitrogens with zero attached hydrogens (tertiary/aromatic N) is 3. The molecule has 1 atom stereocenters. The van der Waals surface area contributed by atoms with E-state index in [4.69, 9.17) is 10.6 Å². The van der Waals surface area contributed by atoms with E-state index in [0.717, 1.165) is 42.7 Å². The van der Waals surface area contributed by atoms with Crippen LogP contribution < -0.4 is 16.2 Å². The lowest BCUT2D eigenvalue weighted by molar-refractivity contribution is -0.00475. The van der Waals surface area contributed by atoms with Gasteiger partial charge in [0.25, 0.3) is 0 Å². The fraction of sp³-hybridized carbons (Fsp3) is 0.467. The molecule has 1 fully saturated rings. The molecule has 1 aliphatic heterocycles. The lowest BCUT2D eigenvalue weighted by atomic mass is 9.94. The Morgan fingerprint density at radius 2 is 2.14 bits per heavy atom. The van der Waals surface area contributed by atoms with Gasteiger partial charge in [0.15, 0.2) is 0 Å². The minimum Gasteiger partial charge on any atom is -0.377 e. The van der Waals surface area contributed by atoms with Crippen molar-refractivity contribution in [3.8, 4) is 0 Å². The van der Waals surface area contributed by atoms with E-state index in [2.05, 4.69) is 27.2 Å². The number of piperidine rings is 1. The van der Waals surface area contributed by atoms with Gasteiger partial charge in [-0.05, 0) is 31.9 Å². The molecule has 1 aromatic carbocycles. The summed E-state index contributed by atoms with van der Waals surface area (Å²) in [6, 6.07) is 7.99. The molecular formula is C15H21N5O. The summed E-state index contributed by atoms with van der Waals surface area (Å²) < 4.78 is 5.67. The summed E-state index contributed by atoms with van der Waals surface area (Å²) in [5.41, 5.74) is 3.30. The first-order valence-electron chi connectivity index (χ1n) is 7.19. The summed E-state index contributed by atoms with van der Waals surface area (Å²) in [5.74, 6) is 6.85. The standard InChI is InChI=1S/C15H21N5O/c1-15(21-2)8-5-9-20(10-15)13-11-6-3-4-7-12(11)17-14(18-13)19-16/h3-4,6-7H,5,8-10,16H2,1-2H3,(H,17,18,19). The molecule has 21 heavy (non-hydrogen) atoms. The van der Waals surface area contributed by atoms with Crippen LogP contribution in [0.25, 0.3) is 10.9 Å². The summed E-state index contributed by atoms with van der Waals surface area (Å²) in [7, 11) is 1.77. The van der Waals surface area contributed by atoms with Gasteiger partial charge in [0.2, 0.25) is 5.95 Å². The van der Waals surface area contributed by atoms with Crippen molar-refractivity contribution in [2.24, 2.45) is 5.84 Å². The highest BCUT2D eigenvalue weighted by Crippen LogP contribution is 2.31. The smallest absolute Gasteiger partial charge is 0.239 e. The van der Waals surface area contributed by atoms with Gasteiger partial charge in [-0.1, -0.05) is 12.1 Å². The zero-order chi connectivity index (χ0) is 14.9. The molecule has 0 spiro atoms. The number of methoxy groups -OCH3 is 1. The van der Waals surface area contributed by atoms with E-state index >= 15 is 0 Å². The van der Waals surface area contributed by atoms with Crippen molar-refractivity contribution in [1.29, 1.82) is 0 Å². The maximum absolute atomic E-state index is 5.67. The van der Waals surface area contributed by atoms with Gasteiger partial charge in [-0.3, -0.25) is 5.43 Å². The highest BCUT2D eigenvalue weighted by molar-refractivity contribution is 5.90. The SMILES string of the molecule is COC1(C)CCCN(c2nc(NN)nc3ccccc23)C1. The molecule has 3 N–H and O–H groups in total. The normalized spacial score (nSPS) is 22.5. The largest absolute Gasteiger partial charge is 0.377 e. The third-order valence-electron chi connectivity index (χ3n) is 4.16. The lowest BCUT2D eigenvalue weighted by Crippen LogP contribution is -2.47.